The zero-order valence-corrected chi connectivity index (χ0v) is 11.8. The lowest BCUT2D eigenvalue weighted by Crippen LogP contribution is -2.02. The number of fused-ring (bicyclic) bond motifs is 1. The lowest BCUT2D eigenvalue weighted by atomic mass is 9.90. The van der Waals surface area contributed by atoms with Gasteiger partial charge in [-0.25, -0.2) is 0 Å². The van der Waals surface area contributed by atoms with E-state index in [0.29, 0.717) is 6.42 Å². The third-order valence-corrected chi connectivity index (χ3v) is 4.11. The highest BCUT2D eigenvalue weighted by molar-refractivity contribution is 5.62. The zero-order chi connectivity index (χ0) is 13.9. The molecule has 2 aromatic rings. The largest absolute Gasteiger partial charge is 0.253 e. The number of aryl methyl sites for hydroxylation is 3. The van der Waals surface area contributed by atoms with Crippen LogP contribution in [0.25, 0.3) is 11.3 Å². The van der Waals surface area contributed by atoms with E-state index in [1.165, 1.54) is 42.4 Å². The van der Waals surface area contributed by atoms with E-state index in [2.05, 4.69) is 29.3 Å². The molecule has 1 aromatic heterocycles. The molecule has 1 aromatic carbocycles. The minimum absolute atomic E-state index is 0.434. The van der Waals surface area contributed by atoms with Gasteiger partial charge in [0.25, 0.3) is 0 Å². The van der Waals surface area contributed by atoms with Crippen molar-refractivity contribution in [3.8, 4) is 17.3 Å². The predicted octanol–water partition coefficient (Wildman–Crippen LogP) is 4.00. The summed E-state index contributed by atoms with van der Waals surface area (Å²) in [6, 6.07) is 13.0. The minimum Gasteiger partial charge on any atom is -0.253 e. The lowest BCUT2D eigenvalue weighted by Gasteiger charge is -2.16. The predicted molar refractivity (Wildman–Crippen MR) is 80.4 cm³/mol. The number of nitriles is 1. The van der Waals surface area contributed by atoms with Gasteiger partial charge in [0, 0.05) is 11.3 Å². The minimum atomic E-state index is 0.434. The summed E-state index contributed by atoms with van der Waals surface area (Å²) < 4.78 is 0. The maximum atomic E-state index is 8.79. The number of aromatic nitrogens is 1. The molecule has 2 nitrogen and oxygen atoms in total. The van der Waals surface area contributed by atoms with Crippen molar-refractivity contribution in [3.05, 3.63) is 52.7 Å². The summed E-state index contributed by atoms with van der Waals surface area (Å²) in [6.07, 6.45) is 5.44. The Labute approximate surface area is 120 Å². The van der Waals surface area contributed by atoms with Crippen molar-refractivity contribution in [2.45, 2.75) is 39.0 Å². The van der Waals surface area contributed by atoms with Gasteiger partial charge >= 0.3 is 0 Å². The number of nitrogens with zero attached hydrogens (tertiary/aromatic N) is 2. The molecule has 0 radical (unpaired) electrons. The second-order valence-electron chi connectivity index (χ2n) is 5.47. The van der Waals surface area contributed by atoms with Crippen LogP contribution in [-0.4, -0.2) is 4.98 Å². The van der Waals surface area contributed by atoms with E-state index in [9.17, 15) is 0 Å². The van der Waals surface area contributed by atoms with E-state index < -0.39 is 0 Å². The summed E-state index contributed by atoms with van der Waals surface area (Å²) >= 11 is 0. The third-order valence-electron chi connectivity index (χ3n) is 4.11. The first-order valence-corrected chi connectivity index (χ1v) is 7.23. The van der Waals surface area contributed by atoms with Crippen LogP contribution in [-0.2, 0) is 19.3 Å². The molecule has 0 saturated heterocycles. The van der Waals surface area contributed by atoms with Gasteiger partial charge in [0.15, 0.2) is 0 Å². The van der Waals surface area contributed by atoms with Crippen LogP contribution in [0.5, 0.6) is 0 Å². The number of pyridine rings is 1. The van der Waals surface area contributed by atoms with Gasteiger partial charge in [-0.3, -0.25) is 4.98 Å². The highest BCUT2D eigenvalue weighted by Gasteiger charge is 2.11. The van der Waals surface area contributed by atoms with Gasteiger partial charge in [-0.2, -0.15) is 5.26 Å². The molecule has 0 N–H and O–H groups in total. The highest BCUT2D eigenvalue weighted by atomic mass is 14.7. The van der Waals surface area contributed by atoms with E-state index in [0.717, 1.165) is 17.0 Å². The molecule has 1 heterocycles. The summed E-state index contributed by atoms with van der Waals surface area (Å²) in [5.41, 5.74) is 7.16. The van der Waals surface area contributed by atoms with Crippen LogP contribution in [0, 0.1) is 18.3 Å². The van der Waals surface area contributed by atoms with Crippen molar-refractivity contribution < 1.29 is 0 Å². The van der Waals surface area contributed by atoms with Crippen LogP contribution in [0.3, 0.4) is 0 Å². The molecule has 0 fully saturated rings. The Morgan fingerprint density at radius 1 is 1.10 bits per heavy atom. The number of hydrogen-bond acceptors (Lipinski definition) is 2. The Morgan fingerprint density at radius 2 is 1.90 bits per heavy atom. The van der Waals surface area contributed by atoms with Gasteiger partial charge in [0.05, 0.1) is 18.2 Å². The molecule has 0 amide bonds. The number of rotatable bonds is 2. The van der Waals surface area contributed by atoms with Crippen LogP contribution < -0.4 is 0 Å². The molecule has 0 atom stereocenters. The van der Waals surface area contributed by atoms with E-state index in [1.807, 2.05) is 19.1 Å². The van der Waals surface area contributed by atoms with Gasteiger partial charge in [-0.1, -0.05) is 18.2 Å². The van der Waals surface area contributed by atoms with Gasteiger partial charge in [0.2, 0.25) is 0 Å². The maximum absolute atomic E-state index is 8.79. The fourth-order valence-electron chi connectivity index (χ4n) is 2.92. The molecular weight excluding hydrogens is 244 g/mol. The normalized spacial score (nSPS) is 13.6. The molecule has 3 rings (SSSR count). The SMILES string of the molecule is Cc1nc(-c2ccc3c(c2)CCCC3)ccc1CC#N. The van der Waals surface area contributed by atoms with Crippen LogP contribution >= 0.6 is 0 Å². The summed E-state index contributed by atoms with van der Waals surface area (Å²) in [5.74, 6) is 0. The maximum Gasteiger partial charge on any atom is 0.0705 e. The second-order valence-corrected chi connectivity index (χ2v) is 5.47. The van der Waals surface area contributed by atoms with E-state index in [-0.39, 0.29) is 0 Å². The first kappa shape index (κ1) is 12.9. The molecule has 20 heavy (non-hydrogen) atoms. The Kier molecular flexibility index (Phi) is 3.52. The second kappa shape index (κ2) is 5.46. The topological polar surface area (TPSA) is 36.7 Å². The quantitative estimate of drug-likeness (QED) is 0.820. The Balaban J connectivity index is 1.97. The summed E-state index contributed by atoms with van der Waals surface area (Å²) in [7, 11) is 0. The van der Waals surface area contributed by atoms with Crippen molar-refractivity contribution in [3.63, 3.8) is 0 Å². The van der Waals surface area contributed by atoms with Crippen LogP contribution in [0.15, 0.2) is 30.3 Å². The van der Waals surface area contributed by atoms with Crippen LogP contribution in [0.1, 0.15) is 35.2 Å². The summed E-state index contributed by atoms with van der Waals surface area (Å²) in [6.45, 7) is 1.98. The first-order valence-electron chi connectivity index (χ1n) is 7.23. The third kappa shape index (κ3) is 2.44. The van der Waals surface area contributed by atoms with Crippen molar-refractivity contribution in [1.82, 2.24) is 4.98 Å². The van der Waals surface area contributed by atoms with E-state index >= 15 is 0 Å². The van der Waals surface area contributed by atoms with E-state index in [1.54, 1.807) is 0 Å². The first-order chi connectivity index (χ1) is 9.78. The Bertz CT molecular complexity index is 680. The molecule has 2 heteroatoms. The van der Waals surface area contributed by atoms with Crippen LogP contribution in [0.4, 0.5) is 0 Å². The van der Waals surface area contributed by atoms with Gasteiger partial charge in [-0.15, -0.1) is 0 Å². The molecule has 1 aliphatic carbocycles. The molecule has 100 valence electrons. The fourth-order valence-corrected chi connectivity index (χ4v) is 2.92. The molecule has 0 bridgehead atoms. The Morgan fingerprint density at radius 3 is 2.65 bits per heavy atom. The lowest BCUT2D eigenvalue weighted by molar-refractivity contribution is 0.686. The summed E-state index contributed by atoms with van der Waals surface area (Å²) in [4.78, 5) is 4.66. The summed E-state index contributed by atoms with van der Waals surface area (Å²) in [5, 5.41) is 8.79. The van der Waals surface area contributed by atoms with Gasteiger partial charge in [-0.05, 0) is 61.4 Å². The highest BCUT2D eigenvalue weighted by Crippen LogP contribution is 2.27. The number of hydrogen-bond donors (Lipinski definition) is 0. The molecule has 0 unspecified atom stereocenters. The zero-order valence-electron chi connectivity index (χ0n) is 11.8. The van der Waals surface area contributed by atoms with Crippen molar-refractivity contribution in [2.24, 2.45) is 0 Å². The van der Waals surface area contributed by atoms with Gasteiger partial charge in [0.1, 0.15) is 0 Å². The molecular formula is C18H18N2. The standard InChI is InChI=1S/C18H18N2/c1-13-14(10-11-19)8-9-18(20-13)17-7-6-15-4-2-3-5-16(15)12-17/h6-9,12H,2-5,10H2,1H3. The monoisotopic (exact) mass is 262 g/mol. The average molecular weight is 262 g/mol. The van der Waals surface area contributed by atoms with Crippen molar-refractivity contribution in [2.75, 3.05) is 0 Å². The fraction of sp³-hybridized carbons (Fsp3) is 0.333. The molecule has 0 aliphatic heterocycles. The van der Waals surface area contributed by atoms with E-state index in [4.69, 9.17) is 5.26 Å². The number of benzene rings is 1. The van der Waals surface area contributed by atoms with Crippen molar-refractivity contribution >= 4 is 0 Å². The van der Waals surface area contributed by atoms with Crippen molar-refractivity contribution in [1.29, 1.82) is 5.26 Å². The Hall–Kier alpha value is -2.14. The smallest absolute Gasteiger partial charge is 0.0705 e. The molecule has 0 saturated carbocycles. The van der Waals surface area contributed by atoms with Gasteiger partial charge < -0.3 is 0 Å². The van der Waals surface area contributed by atoms with Crippen LogP contribution in [0.2, 0.25) is 0 Å². The average Bonchev–Trinajstić information content (AvgIpc) is 2.49. The molecule has 1 aliphatic rings. The molecule has 0 spiro atoms.